The second-order valence-corrected chi connectivity index (χ2v) is 8.95. The quantitative estimate of drug-likeness (QED) is 0.415. The van der Waals surface area contributed by atoms with E-state index in [9.17, 15) is 18.3 Å². The van der Waals surface area contributed by atoms with Crippen LogP contribution in [0.2, 0.25) is 0 Å². The van der Waals surface area contributed by atoms with Crippen LogP contribution in [0.4, 0.5) is 11.4 Å². The van der Waals surface area contributed by atoms with Crippen molar-refractivity contribution in [3.8, 4) is 11.5 Å². The van der Waals surface area contributed by atoms with Crippen LogP contribution in [0.1, 0.15) is 22.3 Å². The molecule has 0 aromatic heterocycles. The lowest BCUT2D eigenvalue weighted by atomic mass is 10.1. The van der Waals surface area contributed by atoms with Crippen molar-refractivity contribution in [3.63, 3.8) is 0 Å². The largest absolute Gasteiger partial charge is 0.507 e. The van der Waals surface area contributed by atoms with Crippen LogP contribution >= 0.6 is 0 Å². The molecule has 1 heterocycles. The number of carbonyl (C=O) groups excluding carboxylic acids is 1. The fourth-order valence-electron chi connectivity index (χ4n) is 3.29. The molecule has 1 aliphatic heterocycles. The van der Waals surface area contributed by atoms with Crippen LogP contribution in [0.15, 0.2) is 47.4 Å². The average Bonchev–Trinajstić information content (AvgIpc) is 2.76. The number of nitrogens with one attached hydrogen (secondary N) is 2. The molecular formula is C22H28N4O6S. The summed E-state index contributed by atoms with van der Waals surface area (Å²) in [4.78, 5) is 11.5. The lowest BCUT2D eigenvalue weighted by Crippen LogP contribution is -2.19. The maximum Gasteiger partial charge on any atom is 0.263 e. The van der Waals surface area contributed by atoms with Crippen LogP contribution in [-0.2, 0) is 21.2 Å². The molecule has 2 aromatic carbocycles. The minimum Gasteiger partial charge on any atom is -0.507 e. The number of nitrogens with two attached hydrogens (primary N) is 2. The average molecular weight is 477 g/mol. The first-order valence-electron chi connectivity index (χ1n) is 10.4. The maximum atomic E-state index is 13.3. The van der Waals surface area contributed by atoms with E-state index in [4.69, 9.17) is 20.9 Å². The van der Waals surface area contributed by atoms with Crippen molar-refractivity contribution < 1.29 is 27.8 Å². The van der Waals surface area contributed by atoms with Gasteiger partial charge in [-0.1, -0.05) is 12.2 Å². The molecule has 0 fully saturated rings. The van der Waals surface area contributed by atoms with Gasteiger partial charge in [0.05, 0.1) is 24.5 Å². The maximum absolute atomic E-state index is 13.3. The van der Waals surface area contributed by atoms with Crippen LogP contribution < -0.4 is 26.2 Å². The van der Waals surface area contributed by atoms with Gasteiger partial charge in [0.1, 0.15) is 23.0 Å². The van der Waals surface area contributed by atoms with Gasteiger partial charge >= 0.3 is 0 Å². The van der Waals surface area contributed by atoms with E-state index in [-0.39, 0.29) is 16.1 Å². The number of phenols is 1. The molecule has 0 aliphatic carbocycles. The second kappa shape index (κ2) is 11.0. The molecule has 0 unspecified atom stereocenters. The molecule has 2 bridgehead atoms. The third-order valence-corrected chi connectivity index (χ3v) is 6.26. The number of primary amides is 1. The molecule has 0 atom stereocenters. The highest BCUT2D eigenvalue weighted by Crippen LogP contribution is 2.32. The number of fused-ring (bicyclic) bond motifs is 3. The molecule has 0 spiro atoms. The van der Waals surface area contributed by atoms with Crippen molar-refractivity contribution in [1.29, 1.82) is 0 Å². The summed E-state index contributed by atoms with van der Waals surface area (Å²) in [6.45, 7) is 1.77. The lowest BCUT2D eigenvalue weighted by molar-refractivity contribution is 0.0997. The number of hydrogen-bond donors (Lipinski definition) is 5. The summed E-state index contributed by atoms with van der Waals surface area (Å²) >= 11 is 0. The van der Waals surface area contributed by atoms with Gasteiger partial charge in [-0.05, 0) is 42.7 Å². The summed E-state index contributed by atoms with van der Waals surface area (Å²) in [5.74, 6) is -0.766. The molecule has 178 valence electrons. The Morgan fingerprint density at radius 1 is 1.18 bits per heavy atom. The highest BCUT2D eigenvalue weighted by atomic mass is 32.2. The predicted molar refractivity (Wildman–Crippen MR) is 125 cm³/mol. The first kappa shape index (κ1) is 24.4. The van der Waals surface area contributed by atoms with E-state index >= 15 is 0 Å². The van der Waals surface area contributed by atoms with Gasteiger partial charge in [-0.15, -0.1) is 0 Å². The van der Waals surface area contributed by atoms with Gasteiger partial charge in [0.25, 0.3) is 15.9 Å². The third-order valence-electron chi connectivity index (χ3n) is 4.84. The van der Waals surface area contributed by atoms with Crippen LogP contribution in [-0.4, -0.2) is 52.3 Å². The predicted octanol–water partition coefficient (Wildman–Crippen LogP) is 1.56. The summed E-state index contributed by atoms with van der Waals surface area (Å²) in [5.41, 5.74) is 11.7. The molecular weight excluding hydrogens is 448 g/mol. The highest BCUT2D eigenvalue weighted by molar-refractivity contribution is 7.92. The van der Waals surface area contributed by atoms with E-state index in [1.165, 1.54) is 0 Å². The van der Waals surface area contributed by atoms with E-state index in [1.54, 1.807) is 18.2 Å². The summed E-state index contributed by atoms with van der Waals surface area (Å²) in [6, 6.07) is 7.15. The molecule has 33 heavy (non-hydrogen) atoms. The van der Waals surface area contributed by atoms with E-state index in [0.29, 0.717) is 57.2 Å². The standard InChI is InChI=1S/C22H28N4O6S/c23-7-10-32-20-6-5-16-12-15(20)4-2-1-3-9-31-11-8-25-18-14-19(27)17(22(24)28)13-21(18)33(29,30)26-16/h1-2,5-6,12-14,25-27H,3-4,7-11,23H2,(H2,24,28)/b2-1+. The first-order valence-corrected chi connectivity index (χ1v) is 11.9. The molecule has 11 heteroatoms. The van der Waals surface area contributed by atoms with Gasteiger partial charge in [-0.3, -0.25) is 9.52 Å². The Morgan fingerprint density at radius 3 is 2.76 bits per heavy atom. The van der Waals surface area contributed by atoms with Gasteiger partial charge in [0.2, 0.25) is 0 Å². The van der Waals surface area contributed by atoms with Crippen molar-refractivity contribution in [2.45, 2.75) is 17.7 Å². The van der Waals surface area contributed by atoms with Crippen molar-refractivity contribution >= 4 is 27.3 Å². The molecule has 3 rings (SSSR count). The Bertz CT molecular complexity index is 1130. The normalized spacial score (nSPS) is 17.1. The summed E-state index contributed by atoms with van der Waals surface area (Å²) in [6.07, 6.45) is 5.19. The monoisotopic (exact) mass is 476 g/mol. The summed E-state index contributed by atoms with van der Waals surface area (Å²) in [7, 11) is -4.16. The number of hydrogen-bond acceptors (Lipinski definition) is 8. The molecule has 7 N–H and O–H groups in total. The van der Waals surface area contributed by atoms with E-state index < -0.39 is 21.7 Å². The van der Waals surface area contributed by atoms with Crippen LogP contribution in [0, 0.1) is 0 Å². The Labute approximate surface area is 192 Å². The number of rotatable bonds is 4. The van der Waals surface area contributed by atoms with Gasteiger partial charge in [0, 0.05) is 24.8 Å². The molecule has 1 aliphatic rings. The highest BCUT2D eigenvalue weighted by Gasteiger charge is 2.24. The fraction of sp³-hybridized carbons (Fsp3) is 0.318. The number of anilines is 2. The second-order valence-electron chi connectivity index (χ2n) is 7.30. The number of allylic oxidation sites excluding steroid dienone is 1. The van der Waals surface area contributed by atoms with Gasteiger partial charge < -0.3 is 31.4 Å². The Kier molecular flexibility index (Phi) is 8.15. The van der Waals surface area contributed by atoms with Crippen LogP contribution in [0.5, 0.6) is 11.5 Å². The van der Waals surface area contributed by atoms with Crippen molar-refractivity contribution in [2.75, 3.05) is 42.9 Å². The molecule has 0 saturated carbocycles. The molecule has 2 aromatic rings. The van der Waals surface area contributed by atoms with Gasteiger partial charge in [-0.2, -0.15) is 0 Å². The number of amides is 1. The number of sulfonamides is 1. The van der Waals surface area contributed by atoms with Crippen molar-refractivity contribution in [2.24, 2.45) is 11.5 Å². The number of benzene rings is 2. The molecule has 0 saturated heterocycles. The number of ether oxygens (including phenoxy) is 2. The van der Waals surface area contributed by atoms with Crippen molar-refractivity contribution in [1.82, 2.24) is 0 Å². The SMILES string of the molecule is NCCOc1ccc2cc1C/C=C/CCOCCNc1cc(O)c(C(N)=O)cc1S(=O)(=O)N2. The Morgan fingerprint density at radius 2 is 2.00 bits per heavy atom. The summed E-state index contributed by atoms with van der Waals surface area (Å²) in [5, 5.41) is 13.1. The van der Waals surface area contributed by atoms with E-state index in [1.807, 2.05) is 12.2 Å². The Balaban J connectivity index is 2.05. The zero-order valence-electron chi connectivity index (χ0n) is 18.0. The molecule has 10 nitrogen and oxygen atoms in total. The lowest BCUT2D eigenvalue weighted by Gasteiger charge is -2.17. The Hall–Kier alpha value is -3.28. The zero-order valence-corrected chi connectivity index (χ0v) is 18.9. The van der Waals surface area contributed by atoms with Crippen LogP contribution in [0.25, 0.3) is 0 Å². The van der Waals surface area contributed by atoms with E-state index in [0.717, 1.165) is 17.7 Å². The topological polar surface area (TPSA) is 166 Å². The zero-order chi connectivity index (χ0) is 23.8. The van der Waals surface area contributed by atoms with Crippen molar-refractivity contribution in [3.05, 3.63) is 53.6 Å². The summed E-state index contributed by atoms with van der Waals surface area (Å²) < 4.78 is 40.3. The fourth-order valence-corrected chi connectivity index (χ4v) is 4.53. The smallest absolute Gasteiger partial charge is 0.263 e. The number of carbonyl (C=O) groups is 1. The van der Waals surface area contributed by atoms with Gasteiger partial charge in [-0.25, -0.2) is 8.42 Å². The van der Waals surface area contributed by atoms with Gasteiger partial charge in [0.15, 0.2) is 0 Å². The van der Waals surface area contributed by atoms with E-state index in [2.05, 4.69) is 10.0 Å². The molecule has 1 amide bonds. The third kappa shape index (κ3) is 6.37. The van der Waals surface area contributed by atoms with Crippen LogP contribution in [0.3, 0.4) is 0 Å². The minimum atomic E-state index is -4.16. The number of aromatic hydroxyl groups is 1. The first-order chi connectivity index (χ1) is 15.8. The molecule has 0 radical (unpaired) electrons. The minimum absolute atomic E-state index is 0.115.